The van der Waals surface area contributed by atoms with E-state index in [9.17, 15) is 0 Å². The summed E-state index contributed by atoms with van der Waals surface area (Å²) in [6, 6.07) is 53.8. The van der Waals surface area contributed by atoms with E-state index in [1.807, 2.05) is 54.6 Å². The molecule has 0 saturated carbocycles. The highest BCUT2D eigenvalue weighted by Gasteiger charge is 2.23. The minimum Gasteiger partial charge on any atom is -0.455 e. The van der Waals surface area contributed by atoms with Gasteiger partial charge in [0.05, 0.1) is 22.0 Å². The molecule has 0 radical (unpaired) electrons. The molecule has 0 aliphatic heterocycles. The van der Waals surface area contributed by atoms with Crippen LogP contribution >= 0.6 is 0 Å². The molecule has 11 aromatic rings. The number of nitrogens with zero attached hydrogens (tertiary/aromatic N) is 4. The van der Waals surface area contributed by atoms with Gasteiger partial charge in [0.15, 0.2) is 11.6 Å². The van der Waals surface area contributed by atoms with Crippen LogP contribution in [0.3, 0.4) is 0 Å². The van der Waals surface area contributed by atoms with Crippen LogP contribution in [0.15, 0.2) is 167 Å². The Hall–Kier alpha value is -7.05. The molecule has 0 saturated heterocycles. The summed E-state index contributed by atoms with van der Waals surface area (Å²) in [5, 5.41) is 6.32. The highest BCUT2D eigenvalue weighted by atomic mass is 16.3. The molecular formula is C45H26N4O2. The first-order chi connectivity index (χ1) is 25.3. The lowest BCUT2D eigenvalue weighted by molar-refractivity contribution is 0.669. The molecule has 0 fully saturated rings. The van der Waals surface area contributed by atoms with Gasteiger partial charge in [0, 0.05) is 32.5 Å². The number of benzene rings is 7. The molecule has 4 heterocycles. The molecule has 0 unspecified atom stereocenters. The number of hydrogen-bond donors (Lipinski definition) is 0. The molecule has 6 nitrogen and oxygen atoms in total. The zero-order valence-corrected chi connectivity index (χ0v) is 27.1. The molecule has 0 aliphatic carbocycles. The Kier molecular flexibility index (Phi) is 5.86. The molecule has 0 aliphatic rings. The Bertz CT molecular complexity index is 3150. The van der Waals surface area contributed by atoms with E-state index in [2.05, 4.69) is 108 Å². The predicted molar refractivity (Wildman–Crippen MR) is 205 cm³/mol. The lowest BCUT2D eigenvalue weighted by atomic mass is 10.0. The van der Waals surface area contributed by atoms with Gasteiger partial charge in [0.25, 0.3) is 0 Å². The zero-order valence-electron chi connectivity index (χ0n) is 27.1. The van der Waals surface area contributed by atoms with Crippen LogP contribution in [0.25, 0.3) is 106 Å². The van der Waals surface area contributed by atoms with Gasteiger partial charge in [-0.05, 0) is 53.6 Å². The average Bonchev–Trinajstić information content (AvgIpc) is 3.88. The highest BCUT2D eigenvalue weighted by Crippen LogP contribution is 2.41. The lowest BCUT2D eigenvalue weighted by Gasteiger charge is -2.12. The second-order valence-electron chi connectivity index (χ2n) is 12.8. The first-order valence-electron chi connectivity index (χ1n) is 16.9. The molecule has 0 amide bonds. The van der Waals surface area contributed by atoms with E-state index in [0.29, 0.717) is 17.6 Å². The van der Waals surface area contributed by atoms with E-state index in [1.165, 1.54) is 0 Å². The fourth-order valence-electron chi connectivity index (χ4n) is 7.56. The third kappa shape index (κ3) is 4.20. The van der Waals surface area contributed by atoms with Crippen LogP contribution in [0, 0.1) is 0 Å². The first-order valence-corrected chi connectivity index (χ1v) is 16.9. The fourth-order valence-corrected chi connectivity index (χ4v) is 7.56. The zero-order chi connectivity index (χ0) is 33.5. The van der Waals surface area contributed by atoms with Gasteiger partial charge < -0.3 is 8.83 Å². The summed E-state index contributed by atoms with van der Waals surface area (Å²) in [6.07, 6.45) is 0. The largest absolute Gasteiger partial charge is 0.455 e. The summed E-state index contributed by atoms with van der Waals surface area (Å²) in [6.45, 7) is 0. The topological polar surface area (TPSA) is 69.9 Å². The minimum atomic E-state index is 0.509. The van der Waals surface area contributed by atoms with Gasteiger partial charge in [0.2, 0.25) is 5.95 Å². The maximum Gasteiger partial charge on any atom is 0.238 e. The van der Waals surface area contributed by atoms with Gasteiger partial charge in [-0.25, -0.2) is 4.98 Å². The van der Waals surface area contributed by atoms with Crippen molar-refractivity contribution in [2.45, 2.75) is 0 Å². The predicted octanol–water partition coefficient (Wildman–Crippen LogP) is 11.8. The summed E-state index contributed by atoms with van der Waals surface area (Å²) in [5.41, 5.74) is 9.09. The van der Waals surface area contributed by atoms with Crippen LogP contribution in [0.1, 0.15) is 0 Å². The highest BCUT2D eigenvalue weighted by molar-refractivity contribution is 6.23. The van der Waals surface area contributed by atoms with E-state index in [1.54, 1.807) is 0 Å². The van der Waals surface area contributed by atoms with Crippen molar-refractivity contribution in [3.05, 3.63) is 158 Å². The number of fused-ring (bicyclic) bond motifs is 10. The van der Waals surface area contributed by atoms with Crippen molar-refractivity contribution in [2.24, 2.45) is 0 Å². The van der Waals surface area contributed by atoms with Gasteiger partial charge in [0.1, 0.15) is 22.3 Å². The Morgan fingerprint density at radius 3 is 1.82 bits per heavy atom. The summed E-state index contributed by atoms with van der Waals surface area (Å²) in [4.78, 5) is 15.6. The molecule has 7 aromatic carbocycles. The first kappa shape index (κ1) is 27.9. The molecule has 0 atom stereocenters. The van der Waals surface area contributed by atoms with Gasteiger partial charge in [-0.1, -0.05) is 115 Å². The van der Waals surface area contributed by atoms with Gasteiger partial charge in [-0.15, -0.1) is 0 Å². The number of hydrogen-bond acceptors (Lipinski definition) is 5. The van der Waals surface area contributed by atoms with Crippen LogP contribution in [0.4, 0.5) is 0 Å². The fraction of sp³-hybridized carbons (Fsp3) is 0. The van der Waals surface area contributed by atoms with E-state index in [4.69, 9.17) is 23.8 Å². The maximum atomic E-state index is 6.56. The molecule has 0 N–H and O–H groups in total. The van der Waals surface area contributed by atoms with Crippen molar-refractivity contribution in [1.29, 1.82) is 0 Å². The Labute approximate surface area is 290 Å². The van der Waals surface area contributed by atoms with Crippen LogP contribution < -0.4 is 0 Å². The van der Waals surface area contributed by atoms with Gasteiger partial charge >= 0.3 is 0 Å². The number of para-hydroxylation sites is 4. The molecule has 0 bridgehead atoms. The van der Waals surface area contributed by atoms with E-state index >= 15 is 0 Å². The van der Waals surface area contributed by atoms with E-state index in [0.717, 1.165) is 87.9 Å². The van der Waals surface area contributed by atoms with Crippen molar-refractivity contribution in [1.82, 2.24) is 19.5 Å². The van der Waals surface area contributed by atoms with Crippen molar-refractivity contribution in [3.8, 4) is 39.9 Å². The molecule has 51 heavy (non-hydrogen) atoms. The summed E-state index contributed by atoms with van der Waals surface area (Å²) in [5.74, 6) is 1.60. The standard InChI is InChI=1S/C45H26N4O2/c1-2-12-27(13-3-1)28-14-10-15-29(26-28)43-46-44(35-20-11-19-32-30-16-5-8-22-38(30)50-41(32)35)48-45(47-43)49-36-21-7-4-18-34(36)40-37(49)25-24-33-31-17-6-9-23-39(31)51-42(33)40/h1-26H. The van der Waals surface area contributed by atoms with Crippen molar-refractivity contribution >= 4 is 65.7 Å². The van der Waals surface area contributed by atoms with E-state index in [-0.39, 0.29) is 0 Å². The van der Waals surface area contributed by atoms with Crippen molar-refractivity contribution < 1.29 is 8.83 Å². The Balaban J connectivity index is 1.22. The SMILES string of the molecule is c1ccc(-c2cccc(-c3nc(-c4cccc5c4oc4ccccc45)nc(-n4c5ccccc5c5c6oc7ccccc7c6ccc54)n3)c2)cc1. The molecule has 6 heteroatoms. The van der Waals surface area contributed by atoms with Crippen LogP contribution in [0.2, 0.25) is 0 Å². The van der Waals surface area contributed by atoms with Gasteiger partial charge in [-0.3, -0.25) is 4.57 Å². The lowest BCUT2D eigenvalue weighted by Crippen LogP contribution is -2.06. The van der Waals surface area contributed by atoms with Crippen molar-refractivity contribution in [3.63, 3.8) is 0 Å². The average molecular weight is 655 g/mol. The van der Waals surface area contributed by atoms with Crippen LogP contribution in [-0.2, 0) is 0 Å². The Morgan fingerprint density at radius 1 is 0.392 bits per heavy atom. The van der Waals surface area contributed by atoms with Crippen LogP contribution in [0.5, 0.6) is 0 Å². The molecule has 238 valence electrons. The van der Waals surface area contributed by atoms with Crippen LogP contribution in [-0.4, -0.2) is 19.5 Å². The monoisotopic (exact) mass is 654 g/mol. The molecular weight excluding hydrogens is 629 g/mol. The van der Waals surface area contributed by atoms with Crippen molar-refractivity contribution in [2.75, 3.05) is 0 Å². The minimum absolute atomic E-state index is 0.509. The number of aromatic nitrogens is 4. The molecule has 11 rings (SSSR count). The second-order valence-corrected chi connectivity index (χ2v) is 12.8. The smallest absolute Gasteiger partial charge is 0.238 e. The third-order valence-corrected chi connectivity index (χ3v) is 9.88. The van der Waals surface area contributed by atoms with Gasteiger partial charge in [-0.2, -0.15) is 9.97 Å². The molecule has 0 spiro atoms. The molecule has 4 aromatic heterocycles. The summed E-state index contributed by atoms with van der Waals surface area (Å²) < 4.78 is 15.2. The number of furan rings is 2. The summed E-state index contributed by atoms with van der Waals surface area (Å²) >= 11 is 0. The second kappa shape index (κ2) is 10.7. The quantitative estimate of drug-likeness (QED) is 0.189. The third-order valence-electron chi connectivity index (χ3n) is 9.88. The maximum absolute atomic E-state index is 6.56. The normalized spacial score (nSPS) is 11.9. The number of rotatable bonds is 4. The van der Waals surface area contributed by atoms with E-state index < -0.39 is 0 Å². The summed E-state index contributed by atoms with van der Waals surface area (Å²) in [7, 11) is 0. The Morgan fingerprint density at radius 2 is 1.00 bits per heavy atom.